The number of nitro benzene ring substituents is 1. The minimum atomic E-state index is -0.486. The molecule has 0 aromatic heterocycles. The van der Waals surface area contributed by atoms with Gasteiger partial charge in [-0.05, 0) is 61.9 Å². The van der Waals surface area contributed by atoms with Gasteiger partial charge >= 0.3 is 5.69 Å². The van der Waals surface area contributed by atoms with Crippen LogP contribution in [0.2, 0.25) is 0 Å². The zero-order chi connectivity index (χ0) is 34.8. The average Bonchev–Trinajstić information content (AvgIpc) is 3.51. The van der Waals surface area contributed by atoms with Gasteiger partial charge in [0.05, 0.1) is 62.8 Å². The molecule has 0 radical (unpaired) electrons. The Morgan fingerprint density at radius 1 is 0.896 bits per heavy atom. The van der Waals surface area contributed by atoms with Gasteiger partial charge in [-0.1, -0.05) is 27.2 Å². The van der Waals surface area contributed by atoms with Crippen LogP contribution in [0.25, 0.3) is 0 Å². The topological polar surface area (TPSA) is 131 Å². The van der Waals surface area contributed by atoms with E-state index in [0.717, 1.165) is 32.2 Å². The molecule has 0 N–H and O–H groups in total. The number of amides is 1. The van der Waals surface area contributed by atoms with Crippen molar-refractivity contribution < 1.29 is 38.1 Å². The van der Waals surface area contributed by atoms with Crippen LogP contribution < -0.4 is 28.4 Å². The average molecular weight is 664 g/mol. The number of carbonyl (C=O) groups is 1. The van der Waals surface area contributed by atoms with Gasteiger partial charge in [0.1, 0.15) is 11.5 Å². The number of ether oxygens (including phenoxy) is 6. The van der Waals surface area contributed by atoms with Crippen molar-refractivity contribution in [1.82, 2.24) is 4.90 Å². The molecule has 0 bridgehead atoms. The molecule has 48 heavy (non-hydrogen) atoms. The summed E-state index contributed by atoms with van der Waals surface area (Å²) < 4.78 is 32.8. The predicted octanol–water partition coefficient (Wildman–Crippen LogP) is 8.02. The van der Waals surface area contributed by atoms with Gasteiger partial charge in [0.15, 0.2) is 23.0 Å². The number of aliphatic imine (C=N–C) groups is 1. The Kier molecular flexibility index (Phi) is 12.1. The minimum Gasteiger partial charge on any atom is -0.493 e. The monoisotopic (exact) mass is 663 g/mol. The van der Waals surface area contributed by atoms with E-state index in [2.05, 4.69) is 25.8 Å². The summed E-state index contributed by atoms with van der Waals surface area (Å²) in [7, 11) is 4.62. The number of fused-ring (bicyclic) bond motifs is 2. The molecule has 1 unspecified atom stereocenters. The molecule has 258 valence electrons. The highest BCUT2D eigenvalue weighted by atomic mass is 16.6. The highest BCUT2D eigenvalue weighted by Gasteiger charge is 2.32. The highest BCUT2D eigenvalue weighted by Crippen LogP contribution is 2.39. The van der Waals surface area contributed by atoms with E-state index in [-0.39, 0.29) is 28.8 Å². The predicted molar refractivity (Wildman–Crippen MR) is 183 cm³/mol. The lowest BCUT2D eigenvalue weighted by Crippen LogP contribution is -2.35. The molecule has 0 saturated carbocycles. The molecule has 3 aromatic carbocycles. The van der Waals surface area contributed by atoms with Crippen LogP contribution in [-0.2, 0) is 0 Å². The van der Waals surface area contributed by atoms with Gasteiger partial charge in [0.25, 0.3) is 5.91 Å². The molecule has 12 heteroatoms. The molecule has 1 amide bonds. The molecule has 2 aliphatic heterocycles. The molecule has 12 nitrogen and oxygen atoms in total. The summed E-state index contributed by atoms with van der Waals surface area (Å²) in [5.74, 6) is 3.21. The number of carbonyl (C=O) groups excluding carboxylic acids is 1. The van der Waals surface area contributed by atoms with Crippen molar-refractivity contribution in [3.05, 3.63) is 64.2 Å². The lowest BCUT2D eigenvalue weighted by atomic mass is 9.89. The number of methoxy groups -OCH3 is 3. The van der Waals surface area contributed by atoms with Crippen LogP contribution in [0, 0.1) is 15.5 Å². The van der Waals surface area contributed by atoms with Crippen LogP contribution in [-0.4, -0.2) is 69.1 Å². The number of hydrogen-bond acceptors (Lipinski definition) is 10. The van der Waals surface area contributed by atoms with Gasteiger partial charge < -0.3 is 33.3 Å². The fraction of sp³-hybridized carbons (Fsp3) is 0.444. The molecular weight excluding hydrogens is 618 g/mol. The van der Waals surface area contributed by atoms with E-state index in [9.17, 15) is 14.9 Å². The number of nitrogens with zero attached hydrogens (tertiary/aromatic N) is 3. The van der Waals surface area contributed by atoms with Gasteiger partial charge in [-0.3, -0.25) is 19.9 Å². The highest BCUT2D eigenvalue weighted by molar-refractivity contribution is 6.03. The third-order valence-corrected chi connectivity index (χ3v) is 8.02. The van der Waals surface area contributed by atoms with Crippen molar-refractivity contribution in [3.63, 3.8) is 0 Å². The third-order valence-electron chi connectivity index (χ3n) is 8.02. The van der Waals surface area contributed by atoms with E-state index >= 15 is 0 Å². The first kappa shape index (κ1) is 35.8. The van der Waals surface area contributed by atoms with Crippen LogP contribution in [0.15, 0.2) is 53.5 Å². The second-order valence-electron chi connectivity index (χ2n) is 12.1. The number of hydrogen-bond donors (Lipinski definition) is 0. The molecule has 5 rings (SSSR count). The van der Waals surface area contributed by atoms with Crippen molar-refractivity contribution in [3.8, 4) is 40.2 Å². The maximum absolute atomic E-state index is 12.6. The molecule has 2 aliphatic rings. The Hall–Kier alpha value is -5.00. The molecule has 1 atom stereocenters. The van der Waals surface area contributed by atoms with Crippen LogP contribution in [0.4, 0.5) is 11.4 Å². The second-order valence-corrected chi connectivity index (χ2v) is 12.1. The van der Waals surface area contributed by atoms with Crippen LogP contribution in [0.1, 0.15) is 63.7 Å². The first-order chi connectivity index (χ1) is 23.0. The Labute approximate surface area is 281 Å². The normalized spacial score (nSPS) is 14.9. The van der Waals surface area contributed by atoms with Crippen molar-refractivity contribution in [2.75, 3.05) is 41.1 Å². The maximum Gasteiger partial charge on any atom is 0.315 e. The molecular formula is C36H45N3O9. The summed E-state index contributed by atoms with van der Waals surface area (Å²) in [4.78, 5) is 30.0. The fourth-order valence-corrected chi connectivity index (χ4v) is 5.63. The third kappa shape index (κ3) is 8.67. The summed E-state index contributed by atoms with van der Waals surface area (Å²) in [5.41, 5.74) is 1.08. The lowest BCUT2D eigenvalue weighted by molar-refractivity contribution is -0.385. The summed E-state index contributed by atoms with van der Waals surface area (Å²) in [5, 5.41) is 11.5. The largest absolute Gasteiger partial charge is 0.493 e. The first-order valence-corrected chi connectivity index (χ1v) is 16.0. The van der Waals surface area contributed by atoms with Crippen molar-refractivity contribution in [1.29, 1.82) is 0 Å². The zero-order valence-corrected chi connectivity index (χ0v) is 28.7. The van der Waals surface area contributed by atoms with Gasteiger partial charge in [-0.2, -0.15) is 0 Å². The molecule has 3 aromatic rings. The maximum atomic E-state index is 12.6. The first-order valence-electron chi connectivity index (χ1n) is 16.0. The van der Waals surface area contributed by atoms with Crippen molar-refractivity contribution in [2.45, 2.75) is 59.4 Å². The van der Waals surface area contributed by atoms with E-state index in [1.807, 2.05) is 18.0 Å². The summed E-state index contributed by atoms with van der Waals surface area (Å²) >= 11 is 0. The van der Waals surface area contributed by atoms with Crippen LogP contribution >= 0.6 is 0 Å². The van der Waals surface area contributed by atoms with Crippen LogP contribution in [0.3, 0.4) is 0 Å². The molecule has 1 saturated heterocycles. The lowest BCUT2D eigenvalue weighted by Gasteiger charge is -2.24. The Balaban J connectivity index is 0.000000228. The van der Waals surface area contributed by atoms with Gasteiger partial charge in [0, 0.05) is 24.9 Å². The van der Waals surface area contributed by atoms with Gasteiger partial charge in [0.2, 0.25) is 5.75 Å². The number of benzene rings is 3. The molecule has 0 spiro atoms. The fourth-order valence-electron chi connectivity index (χ4n) is 5.63. The van der Waals surface area contributed by atoms with Crippen molar-refractivity contribution >= 4 is 23.5 Å². The van der Waals surface area contributed by atoms with E-state index in [1.165, 1.54) is 26.4 Å². The summed E-state index contributed by atoms with van der Waals surface area (Å²) in [6, 6.07) is 13.2. The minimum absolute atomic E-state index is 0.00164. The van der Waals surface area contributed by atoms with E-state index in [0.29, 0.717) is 59.0 Å². The Bertz CT molecular complexity index is 1620. The number of rotatable bonds is 13. The van der Waals surface area contributed by atoms with E-state index in [1.54, 1.807) is 43.5 Å². The molecule has 1 fully saturated rings. The Morgan fingerprint density at radius 2 is 1.58 bits per heavy atom. The smallest absolute Gasteiger partial charge is 0.315 e. The van der Waals surface area contributed by atoms with Crippen LogP contribution in [0.5, 0.6) is 40.2 Å². The van der Waals surface area contributed by atoms with E-state index < -0.39 is 4.92 Å². The Morgan fingerprint density at radius 3 is 2.25 bits per heavy atom. The van der Waals surface area contributed by atoms with Gasteiger partial charge in [-0.15, -0.1) is 0 Å². The summed E-state index contributed by atoms with van der Waals surface area (Å²) in [6.07, 6.45) is 5.95. The SMILES string of the molecule is CCCC(C)(C)COc1ccc(Oc2ccc(OC)c(OC)c2)c([N+](=O)[O-])c1.CCOc1cc2c(cc1OC)C(=O)N1CCCC1C=N2. The molecule has 2 heterocycles. The molecule has 0 aliphatic carbocycles. The standard InChI is InChI=1S/C21H27NO6.C15H18N2O3/c1-6-11-21(2,3)14-27-15-7-9-18(17(12-15)22(23)24)28-16-8-10-19(25-4)20(13-16)26-5;1-3-20-14-8-12-11(7-13(14)19-2)15(18)17-6-4-5-10(17)9-16-12/h7-10,12-13H,6,11,14H2,1-5H3;7-10H,3-6H2,1-2H3. The zero-order valence-electron chi connectivity index (χ0n) is 28.7. The van der Waals surface area contributed by atoms with Gasteiger partial charge in [-0.25, -0.2) is 0 Å². The van der Waals surface area contributed by atoms with Crippen molar-refractivity contribution in [2.24, 2.45) is 10.4 Å². The number of nitro groups is 1. The quantitative estimate of drug-likeness (QED) is 0.132. The summed E-state index contributed by atoms with van der Waals surface area (Å²) in [6.45, 7) is 10.1. The second kappa shape index (κ2) is 16.2. The van der Waals surface area contributed by atoms with E-state index in [4.69, 9.17) is 28.4 Å².